The number of rotatable bonds is 14. The minimum atomic E-state index is -1.71. The van der Waals surface area contributed by atoms with E-state index in [4.69, 9.17) is 42.6 Å². The van der Waals surface area contributed by atoms with Gasteiger partial charge in [-0.25, -0.2) is 19.2 Å². The SMILES string of the molecule is COc1cc2c(c(OC(C)=O)c1[C@@H]1OC(COC(=O)c3ccccc3)[C@@H](OC(=O)c3ccccc3)C(OC(=O)c3ccccc3)C1OC(=O)c1ccccc1)CCC(c1ccc(OC(C)=O)cc1)O2. The summed E-state index contributed by atoms with van der Waals surface area (Å²) in [6.45, 7) is 1.92. The third-order valence-corrected chi connectivity index (χ3v) is 11.3. The van der Waals surface area contributed by atoms with Gasteiger partial charge in [0.1, 0.15) is 47.9 Å². The van der Waals surface area contributed by atoms with E-state index in [1.54, 1.807) is 115 Å². The first kappa shape index (κ1) is 47.2. The molecule has 1 saturated heterocycles. The minimum absolute atomic E-state index is 0.0366. The lowest BCUT2D eigenvalue weighted by atomic mass is 9.87. The van der Waals surface area contributed by atoms with Crippen molar-refractivity contribution in [1.29, 1.82) is 0 Å². The van der Waals surface area contributed by atoms with Crippen molar-refractivity contribution in [3.05, 3.63) is 191 Å². The quantitative estimate of drug-likeness (QED) is 0.0574. The molecule has 8 rings (SSSR count). The van der Waals surface area contributed by atoms with Crippen LogP contribution < -0.4 is 18.9 Å². The van der Waals surface area contributed by atoms with Gasteiger partial charge in [0, 0.05) is 25.5 Å². The second-order valence-electron chi connectivity index (χ2n) is 16.0. The number of carbonyl (C=O) groups is 6. The van der Waals surface area contributed by atoms with Gasteiger partial charge in [0.05, 0.1) is 34.9 Å². The summed E-state index contributed by atoms with van der Waals surface area (Å²) in [4.78, 5) is 81.0. The molecule has 0 bridgehead atoms. The summed E-state index contributed by atoms with van der Waals surface area (Å²) < 4.78 is 55.5. The van der Waals surface area contributed by atoms with Crippen molar-refractivity contribution < 1.29 is 71.4 Å². The zero-order valence-electron chi connectivity index (χ0n) is 37.6. The first-order valence-electron chi connectivity index (χ1n) is 22.0. The van der Waals surface area contributed by atoms with Crippen LogP contribution in [0.1, 0.15) is 90.6 Å². The zero-order chi connectivity index (χ0) is 48.4. The van der Waals surface area contributed by atoms with E-state index >= 15 is 0 Å². The Kier molecular flexibility index (Phi) is 14.7. The molecule has 69 heavy (non-hydrogen) atoms. The van der Waals surface area contributed by atoms with Gasteiger partial charge in [-0.15, -0.1) is 0 Å². The number of ether oxygens (including phenoxy) is 9. The van der Waals surface area contributed by atoms with Crippen molar-refractivity contribution in [1.82, 2.24) is 0 Å². The lowest BCUT2D eigenvalue weighted by Gasteiger charge is -2.45. The molecular weight excluding hydrogens is 889 g/mol. The average molecular weight is 935 g/mol. The van der Waals surface area contributed by atoms with Gasteiger partial charge in [0.2, 0.25) is 0 Å². The number of fused-ring (bicyclic) bond motifs is 1. The molecule has 15 nitrogen and oxygen atoms in total. The number of carbonyl (C=O) groups excluding carboxylic acids is 6. The molecule has 0 aromatic heterocycles. The molecule has 352 valence electrons. The third-order valence-electron chi connectivity index (χ3n) is 11.3. The molecule has 15 heteroatoms. The molecule has 0 aliphatic carbocycles. The monoisotopic (exact) mass is 934 g/mol. The van der Waals surface area contributed by atoms with Crippen molar-refractivity contribution in [2.24, 2.45) is 0 Å². The summed E-state index contributed by atoms with van der Waals surface area (Å²) in [6, 6.07) is 40.6. The summed E-state index contributed by atoms with van der Waals surface area (Å²) in [7, 11) is 1.36. The van der Waals surface area contributed by atoms with Crippen LogP contribution >= 0.6 is 0 Å². The largest absolute Gasteiger partial charge is 0.496 e. The fraction of sp³-hybridized carbons (Fsp3) is 0.222. The maximum Gasteiger partial charge on any atom is 0.338 e. The highest BCUT2D eigenvalue weighted by Gasteiger charge is 2.55. The van der Waals surface area contributed by atoms with Crippen LogP contribution in [-0.4, -0.2) is 73.9 Å². The fourth-order valence-corrected chi connectivity index (χ4v) is 8.15. The van der Waals surface area contributed by atoms with Crippen molar-refractivity contribution in [3.8, 4) is 23.0 Å². The van der Waals surface area contributed by atoms with Gasteiger partial charge in [-0.05, 0) is 79.1 Å². The van der Waals surface area contributed by atoms with Crippen LogP contribution in [0.5, 0.6) is 23.0 Å². The second kappa shape index (κ2) is 21.6. The van der Waals surface area contributed by atoms with Crippen molar-refractivity contribution in [3.63, 3.8) is 0 Å². The molecular formula is C54H46O15. The van der Waals surface area contributed by atoms with Gasteiger partial charge in [-0.2, -0.15) is 0 Å². The Hall–Kier alpha value is -8.30. The van der Waals surface area contributed by atoms with E-state index in [1.165, 1.54) is 57.4 Å². The maximum atomic E-state index is 14.3. The van der Waals surface area contributed by atoms with Crippen molar-refractivity contribution in [2.45, 2.75) is 63.3 Å². The smallest absolute Gasteiger partial charge is 0.338 e. The van der Waals surface area contributed by atoms with E-state index in [2.05, 4.69) is 0 Å². The molecule has 6 atom stereocenters. The van der Waals surface area contributed by atoms with E-state index in [0.717, 1.165) is 5.56 Å². The van der Waals surface area contributed by atoms with Crippen LogP contribution in [-0.2, 0) is 39.7 Å². The molecule has 2 aliphatic heterocycles. The molecule has 0 amide bonds. The maximum absolute atomic E-state index is 14.3. The van der Waals surface area contributed by atoms with Crippen LogP contribution in [0.2, 0.25) is 0 Å². The minimum Gasteiger partial charge on any atom is -0.496 e. The lowest BCUT2D eigenvalue weighted by molar-refractivity contribution is -0.232. The average Bonchev–Trinajstić information content (AvgIpc) is 3.37. The van der Waals surface area contributed by atoms with Crippen LogP contribution in [0.25, 0.3) is 0 Å². The number of esters is 6. The highest BCUT2D eigenvalue weighted by molar-refractivity contribution is 5.92. The van der Waals surface area contributed by atoms with E-state index in [9.17, 15) is 28.8 Å². The molecule has 2 heterocycles. The molecule has 0 N–H and O–H groups in total. The van der Waals surface area contributed by atoms with E-state index in [0.29, 0.717) is 17.7 Å². The lowest BCUT2D eigenvalue weighted by Crippen LogP contribution is -2.60. The van der Waals surface area contributed by atoms with Crippen molar-refractivity contribution >= 4 is 35.8 Å². The first-order chi connectivity index (χ1) is 33.5. The van der Waals surface area contributed by atoms with Crippen LogP contribution in [0.4, 0.5) is 0 Å². The van der Waals surface area contributed by atoms with Gasteiger partial charge in [-0.1, -0.05) is 84.9 Å². The third kappa shape index (κ3) is 11.1. The Labute approximate surface area is 396 Å². The molecule has 6 aromatic rings. The molecule has 6 aromatic carbocycles. The Morgan fingerprint density at radius 1 is 0.565 bits per heavy atom. The summed E-state index contributed by atoms with van der Waals surface area (Å²) in [5, 5.41) is 0. The predicted molar refractivity (Wildman–Crippen MR) is 245 cm³/mol. The van der Waals surface area contributed by atoms with Crippen LogP contribution in [0.3, 0.4) is 0 Å². The molecule has 0 saturated carbocycles. The van der Waals surface area contributed by atoms with Gasteiger partial charge < -0.3 is 42.6 Å². The summed E-state index contributed by atoms with van der Waals surface area (Å²) in [6.07, 6.45) is -7.92. The van der Waals surface area contributed by atoms with Crippen LogP contribution in [0, 0.1) is 0 Å². The molecule has 0 spiro atoms. The predicted octanol–water partition coefficient (Wildman–Crippen LogP) is 8.59. The Balaban J connectivity index is 1.28. The van der Waals surface area contributed by atoms with E-state index < -0.39 is 79.0 Å². The summed E-state index contributed by atoms with van der Waals surface area (Å²) in [5.74, 6) is -3.96. The standard InChI is InChI=1S/C54H46O15/c1-32(55)63-39-26-24-34(25-27-39)41-29-28-40-42(65-41)30-43(61-3)45(46(40)64-33(2)56)48-50(69-54(60)38-22-14-7-15-23-38)49(68-53(59)37-20-12-6-13-21-37)47(67-52(58)36-18-10-5-11-19-36)44(66-48)31-62-51(57)35-16-8-4-9-17-35/h4-27,30,41,44,47-50H,28-29,31H2,1-3H3/t41?,44?,47-,48+,49?,50?/m1/s1. The molecule has 2 aliphatic rings. The van der Waals surface area contributed by atoms with E-state index in [1.807, 2.05) is 0 Å². The molecule has 4 unspecified atom stereocenters. The van der Waals surface area contributed by atoms with Gasteiger partial charge in [-0.3, -0.25) is 9.59 Å². The van der Waals surface area contributed by atoms with Crippen LogP contribution in [0.15, 0.2) is 152 Å². The Bertz CT molecular complexity index is 2800. The Morgan fingerprint density at radius 2 is 1.04 bits per heavy atom. The number of benzene rings is 6. The highest BCUT2D eigenvalue weighted by atomic mass is 16.7. The summed E-state index contributed by atoms with van der Waals surface area (Å²) in [5.41, 5.74) is 1.78. The number of hydrogen-bond acceptors (Lipinski definition) is 15. The van der Waals surface area contributed by atoms with Crippen molar-refractivity contribution in [2.75, 3.05) is 13.7 Å². The highest BCUT2D eigenvalue weighted by Crippen LogP contribution is 2.52. The van der Waals surface area contributed by atoms with Gasteiger partial charge >= 0.3 is 35.8 Å². The number of methoxy groups -OCH3 is 1. The topological polar surface area (TPSA) is 185 Å². The van der Waals surface area contributed by atoms with Gasteiger partial charge in [0.25, 0.3) is 0 Å². The zero-order valence-corrected chi connectivity index (χ0v) is 37.6. The van der Waals surface area contributed by atoms with E-state index in [-0.39, 0.29) is 51.5 Å². The first-order valence-corrected chi connectivity index (χ1v) is 22.0. The van der Waals surface area contributed by atoms with Gasteiger partial charge in [0.15, 0.2) is 18.3 Å². The normalized spacial score (nSPS) is 19.3. The molecule has 0 radical (unpaired) electrons. The summed E-state index contributed by atoms with van der Waals surface area (Å²) >= 11 is 0. The fourth-order valence-electron chi connectivity index (χ4n) is 8.15. The second-order valence-corrected chi connectivity index (χ2v) is 16.0. The number of hydrogen-bond donors (Lipinski definition) is 0. The molecule has 1 fully saturated rings. The Morgan fingerprint density at radius 3 is 1.54 bits per heavy atom.